The van der Waals surface area contributed by atoms with Gasteiger partial charge in [-0.25, -0.2) is 9.97 Å². The second-order valence-corrected chi connectivity index (χ2v) is 5.21. The Kier molecular flexibility index (Phi) is 3.83. The average molecular weight is 281 g/mol. The highest BCUT2D eigenvalue weighted by Gasteiger charge is 2.22. The van der Waals surface area contributed by atoms with Crippen LogP contribution in [0.25, 0.3) is 0 Å². The Hall–Kier alpha value is -2.40. The monoisotopic (exact) mass is 281 g/mol. The van der Waals surface area contributed by atoms with Gasteiger partial charge >= 0.3 is 0 Å². The van der Waals surface area contributed by atoms with Gasteiger partial charge in [0.2, 0.25) is 0 Å². The summed E-state index contributed by atoms with van der Waals surface area (Å²) in [6, 6.07) is 8.22. The summed E-state index contributed by atoms with van der Waals surface area (Å²) in [5.74, 6) is 1.67. The van der Waals surface area contributed by atoms with Crippen LogP contribution in [0, 0.1) is 0 Å². The van der Waals surface area contributed by atoms with Gasteiger partial charge in [-0.3, -0.25) is 0 Å². The quantitative estimate of drug-likeness (QED) is 0.873. The number of rotatable bonds is 4. The molecule has 0 saturated carbocycles. The Morgan fingerprint density at radius 2 is 1.95 bits per heavy atom. The molecule has 1 aromatic heterocycles. The minimum absolute atomic E-state index is 0.776. The molecule has 0 saturated heterocycles. The highest BCUT2D eigenvalue weighted by molar-refractivity contribution is 5.88. The molecule has 2 aromatic rings. The minimum atomic E-state index is 0.776. The van der Waals surface area contributed by atoms with Gasteiger partial charge in [-0.05, 0) is 26.2 Å². The SMILES string of the molecule is CN(C)C/C=C/CN1c2ccccc2Nc2nccnc21. The third kappa shape index (κ3) is 2.87. The van der Waals surface area contributed by atoms with Crippen LogP contribution in [0.5, 0.6) is 0 Å². The molecule has 0 fully saturated rings. The van der Waals surface area contributed by atoms with E-state index in [1.165, 1.54) is 0 Å². The van der Waals surface area contributed by atoms with Crippen LogP contribution in [-0.2, 0) is 0 Å². The first kappa shape index (κ1) is 13.6. The van der Waals surface area contributed by atoms with E-state index in [0.717, 1.165) is 36.1 Å². The second kappa shape index (κ2) is 5.93. The van der Waals surface area contributed by atoms with Gasteiger partial charge in [-0.2, -0.15) is 0 Å². The van der Waals surface area contributed by atoms with Crippen molar-refractivity contribution in [2.45, 2.75) is 0 Å². The number of nitrogens with one attached hydrogen (secondary N) is 1. The summed E-state index contributed by atoms with van der Waals surface area (Å²) in [5, 5.41) is 3.33. The maximum Gasteiger partial charge on any atom is 0.176 e. The van der Waals surface area contributed by atoms with Crippen LogP contribution in [0.2, 0.25) is 0 Å². The summed E-state index contributed by atoms with van der Waals surface area (Å²) >= 11 is 0. The first-order valence-corrected chi connectivity index (χ1v) is 7.00. The van der Waals surface area contributed by atoms with Crippen molar-refractivity contribution in [1.82, 2.24) is 14.9 Å². The summed E-state index contributed by atoms with van der Waals surface area (Å²) in [4.78, 5) is 13.2. The van der Waals surface area contributed by atoms with Crippen molar-refractivity contribution in [1.29, 1.82) is 0 Å². The Labute approximate surface area is 124 Å². The number of benzene rings is 1. The highest BCUT2D eigenvalue weighted by atomic mass is 15.3. The Bertz CT molecular complexity index is 605. The van der Waals surface area contributed by atoms with Crippen molar-refractivity contribution in [3.05, 3.63) is 48.8 Å². The molecule has 0 aliphatic carbocycles. The molecule has 5 heteroatoms. The molecule has 0 amide bonds. The van der Waals surface area contributed by atoms with Crippen LogP contribution < -0.4 is 10.2 Å². The Morgan fingerprint density at radius 1 is 1.14 bits per heavy atom. The number of hydrogen-bond acceptors (Lipinski definition) is 5. The fourth-order valence-electron chi connectivity index (χ4n) is 2.32. The summed E-state index contributed by atoms with van der Waals surface area (Å²) in [6.07, 6.45) is 7.77. The predicted octanol–water partition coefficient (Wildman–Crippen LogP) is 2.79. The molecular weight excluding hydrogens is 262 g/mol. The number of nitrogens with zero attached hydrogens (tertiary/aromatic N) is 4. The van der Waals surface area contributed by atoms with Crippen LogP contribution in [0.1, 0.15) is 0 Å². The van der Waals surface area contributed by atoms with Gasteiger partial charge in [-0.15, -0.1) is 0 Å². The highest BCUT2D eigenvalue weighted by Crippen LogP contribution is 2.40. The van der Waals surface area contributed by atoms with Gasteiger partial charge in [-0.1, -0.05) is 24.3 Å². The number of hydrogen-bond donors (Lipinski definition) is 1. The number of anilines is 4. The van der Waals surface area contributed by atoms with E-state index < -0.39 is 0 Å². The van der Waals surface area contributed by atoms with Crippen molar-refractivity contribution in [3.63, 3.8) is 0 Å². The molecule has 21 heavy (non-hydrogen) atoms. The molecule has 0 atom stereocenters. The van der Waals surface area contributed by atoms with Crippen molar-refractivity contribution < 1.29 is 0 Å². The molecule has 0 unspecified atom stereocenters. The van der Waals surface area contributed by atoms with E-state index in [4.69, 9.17) is 0 Å². The lowest BCUT2D eigenvalue weighted by atomic mass is 10.2. The Morgan fingerprint density at radius 3 is 2.81 bits per heavy atom. The van der Waals surface area contributed by atoms with Crippen LogP contribution in [0.4, 0.5) is 23.0 Å². The molecule has 2 heterocycles. The van der Waals surface area contributed by atoms with Crippen LogP contribution in [0.3, 0.4) is 0 Å². The number of para-hydroxylation sites is 2. The van der Waals surface area contributed by atoms with Crippen molar-refractivity contribution >= 4 is 23.0 Å². The van der Waals surface area contributed by atoms with Crippen molar-refractivity contribution in [2.75, 3.05) is 37.4 Å². The van der Waals surface area contributed by atoms with Gasteiger partial charge in [0.25, 0.3) is 0 Å². The number of likely N-dealkylation sites (N-methyl/N-ethyl adjacent to an activating group) is 1. The molecule has 0 bridgehead atoms. The van der Waals surface area contributed by atoms with Gasteiger partial charge < -0.3 is 15.1 Å². The van der Waals surface area contributed by atoms with Crippen LogP contribution in [0.15, 0.2) is 48.8 Å². The van der Waals surface area contributed by atoms with Crippen molar-refractivity contribution in [2.24, 2.45) is 0 Å². The largest absolute Gasteiger partial charge is 0.335 e. The average Bonchev–Trinajstić information content (AvgIpc) is 2.50. The predicted molar refractivity (Wildman–Crippen MR) is 86.5 cm³/mol. The zero-order valence-corrected chi connectivity index (χ0v) is 12.3. The van der Waals surface area contributed by atoms with Crippen LogP contribution in [-0.4, -0.2) is 42.1 Å². The van der Waals surface area contributed by atoms with Crippen LogP contribution >= 0.6 is 0 Å². The van der Waals surface area contributed by atoms with E-state index in [-0.39, 0.29) is 0 Å². The van der Waals surface area contributed by atoms with E-state index in [9.17, 15) is 0 Å². The summed E-state index contributed by atoms with van der Waals surface area (Å²) in [7, 11) is 4.12. The zero-order chi connectivity index (χ0) is 14.7. The second-order valence-electron chi connectivity index (χ2n) is 5.21. The Balaban J connectivity index is 1.90. The van der Waals surface area contributed by atoms with E-state index >= 15 is 0 Å². The van der Waals surface area contributed by atoms with Crippen molar-refractivity contribution in [3.8, 4) is 0 Å². The van der Waals surface area contributed by atoms with Gasteiger partial charge in [0.15, 0.2) is 11.6 Å². The third-order valence-corrected chi connectivity index (χ3v) is 3.31. The standard InChI is InChI=1S/C16H19N5/c1-20(2)11-5-6-12-21-14-8-4-3-7-13(14)19-15-16(21)18-10-9-17-15/h3-10H,11-12H2,1-2H3,(H,17,19)/b6-5+. The number of fused-ring (bicyclic) bond motifs is 2. The van der Waals surface area contributed by atoms with E-state index in [2.05, 4.69) is 63.5 Å². The first-order valence-electron chi connectivity index (χ1n) is 7.00. The minimum Gasteiger partial charge on any atom is -0.335 e. The lowest BCUT2D eigenvalue weighted by Gasteiger charge is -2.31. The maximum absolute atomic E-state index is 4.47. The first-order chi connectivity index (χ1) is 10.3. The molecule has 1 aliphatic rings. The molecule has 0 radical (unpaired) electrons. The molecule has 1 N–H and O–H groups in total. The lowest BCUT2D eigenvalue weighted by Crippen LogP contribution is -2.24. The maximum atomic E-state index is 4.47. The molecule has 3 rings (SSSR count). The molecule has 5 nitrogen and oxygen atoms in total. The lowest BCUT2D eigenvalue weighted by molar-refractivity contribution is 0.456. The smallest absolute Gasteiger partial charge is 0.176 e. The molecule has 1 aliphatic heterocycles. The van der Waals surface area contributed by atoms with E-state index in [1.54, 1.807) is 12.4 Å². The summed E-state index contributed by atoms with van der Waals surface area (Å²) < 4.78 is 0. The summed E-state index contributed by atoms with van der Waals surface area (Å²) in [6.45, 7) is 1.71. The summed E-state index contributed by atoms with van der Waals surface area (Å²) in [5.41, 5.74) is 2.19. The zero-order valence-electron chi connectivity index (χ0n) is 12.3. The molecule has 108 valence electrons. The fourth-order valence-corrected chi connectivity index (χ4v) is 2.32. The normalized spacial score (nSPS) is 13.2. The van der Waals surface area contributed by atoms with Gasteiger partial charge in [0.05, 0.1) is 11.4 Å². The van der Waals surface area contributed by atoms with E-state index in [1.807, 2.05) is 12.1 Å². The van der Waals surface area contributed by atoms with Gasteiger partial charge in [0, 0.05) is 25.5 Å². The van der Waals surface area contributed by atoms with E-state index in [0.29, 0.717) is 0 Å². The van der Waals surface area contributed by atoms with Gasteiger partial charge in [0.1, 0.15) is 0 Å². The number of aromatic nitrogens is 2. The third-order valence-electron chi connectivity index (χ3n) is 3.31. The molecule has 1 aromatic carbocycles. The molecule has 0 spiro atoms. The topological polar surface area (TPSA) is 44.3 Å². The fraction of sp³-hybridized carbons (Fsp3) is 0.250. The molecular formula is C16H19N5.